The van der Waals surface area contributed by atoms with Crippen LogP contribution in [-0.2, 0) is 0 Å². The molecule has 12 aromatic rings. The van der Waals surface area contributed by atoms with Crippen molar-refractivity contribution in [1.82, 2.24) is 0 Å². The third kappa shape index (κ3) is 5.93. The van der Waals surface area contributed by atoms with Crippen LogP contribution < -0.4 is 4.90 Å². The summed E-state index contributed by atoms with van der Waals surface area (Å²) in [5.41, 5.74) is 10.6. The Balaban J connectivity index is 1.07. The van der Waals surface area contributed by atoms with Gasteiger partial charge in [0.1, 0.15) is 0 Å². The summed E-state index contributed by atoms with van der Waals surface area (Å²) >= 11 is 0. The van der Waals surface area contributed by atoms with Gasteiger partial charge >= 0.3 is 0 Å². The predicted molar refractivity (Wildman–Crippen MR) is 262 cm³/mol. The van der Waals surface area contributed by atoms with Gasteiger partial charge in [0.15, 0.2) is 0 Å². The minimum atomic E-state index is 1.10. The molecule has 0 atom stereocenters. The minimum Gasteiger partial charge on any atom is -0.310 e. The second-order valence-corrected chi connectivity index (χ2v) is 16.1. The van der Waals surface area contributed by atoms with Gasteiger partial charge in [-0.25, -0.2) is 0 Å². The first kappa shape index (κ1) is 35.0. The summed E-state index contributed by atoms with van der Waals surface area (Å²) in [6.07, 6.45) is 0. The Kier molecular flexibility index (Phi) is 8.25. The Labute approximate surface area is 355 Å². The van der Waals surface area contributed by atoms with Crippen molar-refractivity contribution in [2.75, 3.05) is 4.90 Å². The Morgan fingerprint density at radius 1 is 0.197 bits per heavy atom. The van der Waals surface area contributed by atoms with E-state index in [1.165, 1.54) is 98.0 Å². The number of fused-ring (bicyclic) bond motifs is 9. The highest BCUT2D eigenvalue weighted by Gasteiger charge is 2.21. The quantitative estimate of drug-likeness (QED) is 0.152. The third-order valence-electron chi connectivity index (χ3n) is 12.6. The van der Waals surface area contributed by atoms with Crippen molar-refractivity contribution in [2.45, 2.75) is 0 Å². The summed E-state index contributed by atoms with van der Waals surface area (Å²) in [6, 6.07) is 86.9. The first-order valence-corrected chi connectivity index (χ1v) is 21.1. The number of nitrogens with zero attached hydrogens (tertiary/aromatic N) is 1. The van der Waals surface area contributed by atoms with Crippen molar-refractivity contribution in [3.63, 3.8) is 0 Å². The van der Waals surface area contributed by atoms with Crippen molar-refractivity contribution in [3.8, 4) is 33.4 Å². The van der Waals surface area contributed by atoms with Gasteiger partial charge in [0.2, 0.25) is 0 Å². The highest BCUT2D eigenvalue weighted by molar-refractivity contribution is 6.22. The molecule has 12 rings (SSSR count). The molecule has 1 nitrogen and oxygen atoms in total. The molecule has 0 spiro atoms. The smallest absolute Gasteiger partial charge is 0.0468 e. The molecule has 61 heavy (non-hydrogen) atoms. The third-order valence-corrected chi connectivity index (χ3v) is 12.6. The molecule has 284 valence electrons. The summed E-state index contributed by atoms with van der Waals surface area (Å²) in [4.78, 5) is 2.43. The molecule has 0 aromatic heterocycles. The zero-order valence-electron chi connectivity index (χ0n) is 33.5. The molecule has 1 heteroatoms. The lowest BCUT2D eigenvalue weighted by Gasteiger charge is -2.27. The van der Waals surface area contributed by atoms with Crippen molar-refractivity contribution >= 4 is 81.7 Å². The molecule has 0 amide bonds. The largest absolute Gasteiger partial charge is 0.310 e. The van der Waals surface area contributed by atoms with Crippen LogP contribution in [0.25, 0.3) is 98.0 Å². The molecular weight excluding hydrogens is 735 g/mol. The van der Waals surface area contributed by atoms with E-state index < -0.39 is 0 Å². The fourth-order valence-corrected chi connectivity index (χ4v) is 9.71. The van der Waals surface area contributed by atoms with E-state index in [0.717, 1.165) is 17.1 Å². The van der Waals surface area contributed by atoms with Crippen LogP contribution in [0.1, 0.15) is 0 Å². The molecule has 0 aliphatic carbocycles. The van der Waals surface area contributed by atoms with Crippen molar-refractivity contribution in [3.05, 3.63) is 237 Å². The standard InChI is InChI=1S/C60H39N/c1-3-15-43(16-4-1)59-57-22-12-11-21-55(57)56-36-33-50(39-58(56)60(59)44-17-5-2-6-18-44)61(49-32-35-54-47(38-49)26-24-42-14-8-10-20-52(42)54)48-30-27-40(28-31-48)45-29-34-53-46(37-45)25-23-41-13-7-9-19-51(41)53/h1-39H. The van der Waals surface area contributed by atoms with Gasteiger partial charge in [0, 0.05) is 17.1 Å². The maximum atomic E-state index is 2.43. The Bertz CT molecular complexity index is 3630. The second-order valence-electron chi connectivity index (χ2n) is 16.1. The highest BCUT2D eigenvalue weighted by atomic mass is 15.1. The van der Waals surface area contributed by atoms with Crippen LogP contribution in [0.4, 0.5) is 17.1 Å². The molecule has 0 N–H and O–H groups in total. The van der Waals surface area contributed by atoms with E-state index in [1.54, 1.807) is 0 Å². The molecule has 12 aromatic carbocycles. The van der Waals surface area contributed by atoms with Crippen LogP contribution in [0.3, 0.4) is 0 Å². The first-order valence-electron chi connectivity index (χ1n) is 21.1. The van der Waals surface area contributed by atoms with E-state index >= 15 is 0 Å². The maximum absolute atomic E-state index is 2.43. The number of hydrogen-bond donors (Lipinski definition) is 0. The number of benzene rings is 12. The lowest BCUT2D eigenvalue weighted by atomic mass is 9.85. The molecule has 0 bridgehead atoms. The topological polar surface area (TPSA) is 3.24 Å². The lowest BCUT2D eigenvalue weighted by Crippen LogP contribution is -2.10. The van der Waals surface area contributed by atoms with E-state index in [0.29, 0.717) is 0 Å². The van der Waals surface area contributed by atoms with Crippen molar-refractivity contribution in [2.24, 2.45) is 0 Å². The Morgan fingerprint density at radius 3 is 1.25 bits per heavy atom. The van der Waals surface area contributed by atoms with E-state index in [1.807, 2.05) is 0 Å². The van der Waals surface area contributed by atoms with Gasteiger partial charge in [-0.3, -0.25) is 0 Å². The number of anilines is 3. The zero-order chi connectivity index (χ0) is 40.3. The molecule has 0 aliphatic rings. The molecule has 0 saturated heterocycles. The lowest BCUT2D eigenvalue weighted by molar-refractivity contribution is 1.29. The maximum Gasteiger partial charge on any atom is 0.0468 e. The van der Waals surface area contributed by atoms with Crippen LogP contribution in [0.2, 0.25) is 0 Å². The SMILES string of the molecule is c1ccc(-c2c(-c3ccccc3)c3cc(N(c4ccc(-c5ccc6c(ccc7ccccc76)c5)cc4)c4ccc5c(ccc6ccccc65)c4)ccc3c3ccccc23)cc1. The van der Waals surface area contributed by atoms with E-state index in [4.69, 9.17) is 0 Å². The molecule has 0 aliphatic heterocycles. The summed E-state index contributed by atoms with van der Waals surface area (Å²) in [5, 5.41) is 15.0. The van der Waals surface area contributed by atoms with E-state index in [9.17, 15) is 0 Å². The summed E-state index contributed by atoms with van der Waals surface area (Å²) < 4.78 is 0. The zero-order valence-corrected chi connectivity index (χ0v) is 33.5. The molecule has 0 radical (unpaired) electrons. The second kappa shape index (κ2) is 14.4. The monoisotopic (exact) mass is 773 g/mol. The van der Waals surface area contributed by atoms with Gasteiger partial charge < -0.3 is 4.90 Å². The Hall–Kier alpha value is -8.00. The van der Waals surface area contributed by atoms with Crippen molar-refractivity contribution < 1.29 is 0 Å². The van der Waals surface area contributed by atoms with Gasteiger partial charge in [-0.15, -0.1) is 0 Å². The van der Waals surface area contributed by atoms with E-state index in [-0.39, 0.29) is 0 Å². The average molecular weight is 774 g/mol. The summed E-state index contributed by atoms with van der Waals surface area (Å²) in [7, 11) is 0. The molecule has 0 saturated carbocycles. The van der Waals surface area contributed by atoms with Gasteiger partial charge in [-0.2, -0.15) is 0 Å². The molecule has 0 heterocycles. The summed E-state index contributed by atoms with van der Waals surface area (Å²) in [6.45, 7) is 0. The van der Waals surface area contributed by atoms with Crippen LogP contribution in [0.15, 0.2) is 237 Å². The minimum absolute atomic E-state index is 1.10. The normalized spacial score (nSPS) is 11.6. The van der Waals surface area contributed by atoms with Gasteiger partial charge in [-0.1, -0.05) is 194 Å². The van der Waals surface area contributed by atoms with Crippen LogP contribution >= 0.6 is 0 Å². The van der Waals surface area contributed by atoms with Crippen LogP contribution in [0.5, 0.6) is 0 Å². The van der Waals surface area contributed by atoms with Gasteiger partial charge in [0.25, 0.3) is 0 Å². The fraction of sp³-hybridized carbons (Fsp3) is 0. The molecule has 0 unspecified atom stereocenters. The first-order chi connectivity index (χ1) is 30.2. The van der Waals surface area contributed by atoms with Gasteiger partial charge in [-0.05, 0) is 140 Å². The van der Waals surface area contributed by atoms with E-state index in [2.05, 4.69) is 241 Å². The Morgan fingerprint density at radius 2 is 0.607 bits per heavy atom. The fourth-order valence-electron chi connectivity index (χ4n) is 9.71. The molecule has 0 fully saturated rings. The van der Waals surface area contributed by atoms with Crippen LogP contribution in [0, 0.1) is 0 Å². The number of rotatable bonds is 6. The van der Waals surface area contributed by atoms with Gasteiger partial charge in [0.05, 0.1) is 0 Å². The van der Waals surface area contributed by atoms with Crippen molar-refractivity contribution in [1.29, 1.82) is 0 Å². The average Bonchev–Trinajstić information content (AvgIpc) is 3.34. The highest BCUT2D eigenvalue weighted by Crippen LogP contribution is 2.47. The summed E-state index contributed by atoms with van der Waals surface area (Å²) in [5.74, 6) is 0. The number of hydrogen-bond acceptors (Lipinski definition) is 1. The van der Waals surface area contributed by atoms with Crippen LogP contribution in [-0.4, -0.2) is 0 Å². The molecular formula is C60H39N. The predicted octanol–water partition coefficient (Wildman–Crippen LogP) is 17.1.